The smallest absolute Gasteiger partial charge is 0.0444 e. The van der Waals surface area contributed by atoms with Crippen molar-refractivity contribution in [3.63, 3.8) is 0 Å². The summed E-state index contributed by atoms with van der Waals surface area (Å²) in [5.74, 6) is 0. The van der Waals surface area contributed by atoms with Crippen LogP contribution in [0.4, 0.5) is 0 Å². The summed E-state index contributed by atoms with van der Waals surface area (Å²) in [6.07, 6.45) is 4.55. The van der Waals surface area contributed by atoms with E-state index in [1.54, 1.807) is 12.4 Å². The van der Waals surface area contributed by atoms with E-state index in [1.165, 1.54) is 5.56 Å². The van der Waals surface area contributed by atoms with E-state index in [9.17, 15) is 0 Å². The maximum absolute atomic E-state index is 6.16. The van der Waals surface area contributed by atoms with Crippen molar-refractivity contribution in [2.24, 2.45) is 0 Å². The lowest BCUT2D eigenvalue weighted by Crippen LogP contribution is -1.84. The highest BCUT2D eigenvalue weighted by Crippen LogP contribution is 2.25. The number of hydrogen-bond acceptors (Lipinski definition) is 1. The van der Waals surface area contributed by atoms with Crippen LogP contribution < -0.4 is 0 Å². The third-order valence-electron chi connectivity index (χ3n) is 2.45. The fourth-order valence-corrected chi connectivity index (χ4v) is 1.87. The second kappa shape index (κ2) is 4.45. The van der Waals surface area contributed by atoms with Crippen molar-refractivity contribution < 1.29 is 0 Å². The highest BCUT2D eigenvalue weighted by atomic mass is 35.5. The van der Waals surface area contributed by atoms with E-state index in [4.69, 9.17) is 11.6 Å². The van der Waals surface area contributed by atoms with Gasteiger partial charge in [-0.25, -0.2) is 0 Å². The minimum Gasteiger partial charge on any atom is -0.265 e. The Morgan fingerprint density at radius 3 is 2.40 bits per heavy atom. The zero-order chi connectivity index (χ0) is 10.7. The van der Waals surface area contributed by atoms with Crippen molar-refractivity contribution in [2.45, 2.75) is 13.3 Å². The fourth-order valence-electron chi connectivity index (χ4n) is 1.56. The van der Waals surface area contributed by atoms with Crippen molar-refractivity contribution in [3.8, 4) is 11.1 Å². The molecule has 1 heterocycles. The van der Waals surface area contributed by atoms with Gasteiger partial charge in [-0.15, -0.1) is 0 Å². The summed E-state index contributed by atoms with van der Waals surface area (Å²) >= 11 is 6.16. The summed E-state index contributed by atoms with van der Waals surface area (Å²) in [6, 6.07) is 10.2. The standard InChI is InChI=1S/C13H12ClN/c1-2-10-3-4-12(9-13(10)14)11-5-7-15-8-6-11/h3-9H,2H2,1H3. The molecule has 0 aliphatic rings. The maximum Gasteiger partial charge on any atom is 0.0444 e. The zero-order valence-electron chi connectivity index (χ0n) is 8.57. The molecule has 0 bridgehead atoms. The SMILES string of the molecule is CCc1ccc(-c2ccncc2)cc1Cl. The van der Waals surface area contributed by atoms with Crippen LogP contribution in [0, 0.1) is 0 Å². The zero-order valence-corrected chi connectivity index (χ0v) is 9.33. The second-order valence-corrected chi connectivity index (χ2v) is 3.80. The Bertz CT molecular complexity index is 451. The normalized spacial score (nSPS) is 10.3. The molecule has 1 nitrogen and oxygen atoms in total. The highest BCUT2D eigenvalue weighted by Gasteiger charge is 2.01. The lowest BCUT2D eigenvalue weighted by molar-refractivity contribution is 1.14. The minimum atomic E-state index is 0.840. The lowest BCUT2D eigenvalue weighted by atomic mass is 10.0. The van der Waals surface area contributed by atoms with Gasteiger partial charge in [0, 0.05) is 17.4 Å². The van der Waals surface area contributed by atoms with Crippen molar-refractivity contribution in [3.05, 3.63) is 53.3 Å². The molecule has 0 amide bonds. The molecular weight excluding hydrogens is 206 g/mol. The van der Waals surface area contributed by atoms with Gasteiger partial charge in [0.2, 0.25) is 0 Å². The maximum atomic E-state index is 6.16. The summed E-state index contributed by atoms with van der Waals surface area (Å²) in [4.78, 5) is 3.99. The molecule has 2 heteroatoms. The number of pyridine rings is 1. The van der Waals surface area contributed by atoms with Gasteiger partial charge in [-0.05, 0) is 41.3 Å². The first-order valence-corrected chi connectivity index (χ1v) is 5.38. The van der Waals surface area contributed by atoms with E-state index in [1.807, 2.05) is 18.2 Å². The molecule has 0 fully saturated rings. The number of aryl methyl sites for hydroxylation is 1. The molecule has 2 aromatic rings. The Balaban J connectivity index is 2.43. The Morgan fingerprint density at radius 2 is 1.80 bits per heavy atom. The Morgan fingerprint density at radius 1 is 1.07 bits per heavy atom. The molecule has 1 aromatic heterocycles. The summed E-state index contributed by atoms with van der Waals surface area (Å²) in [6.45, 7) is 2.10. The molecule has 0 saturated carbocycles. The number of nitrogens with zero attached hydrogens (tertiary/aromatic N) is 1. The van der Waals surface area contributed by atoms with Crippen LogP contribution in [0.1, 0.15) is 12.5 Å². The van der Waals surface area contributed by atoms with Gasteiger partial charge in [-0.2, -0.15) is 0 Å². The lowest BCUT2D eigenvalue weighted by Gasteiger charge is -2.05. The summed E-state index contributed by atoms with van der Waals surface area (Å²) in [5.41, 5.74) is 3.48. The van der Waals surface area contributed by atoms with Gasteiger partial charge in [-0.3, -0.25) is 4.98 Å². The van der Waals surface area contributed by atoms with Crippen LogP contribution in [-0.2, 0) is 6.42 Å². The Labute approximate surface area is 94.7 Å². The monoisotopic (exact) mass is 217 g/mol. The minimum absolute atomic E-state index is 0.840. The Hall–Kier alpha value is -1.34. The van der Waals surface area contributed by atoms with E-state index in [2.05, 4.69) is 24.0 Å². The Kier molecular flexibility index (Phi) is 3.02. The number of benzene rings is 1. The average molecular weight is 218 g/mol. The van der Waals surface area contributed by atoms with E-state index in [-0.39, 0.29) is 0 Å². The molecule has 1 aromatic carbocycles. The van der Waals surface area contributed by atoms with Crippen molar-refractivity contribution >= 4 is 11.6 Å². The predicted octanol–water partition coefficient (Wildman–Crippen LogP) is 3.96. The topological polar surface area (TPSA) is 12.9 Å². The van der Waals surface area contributed by atoms with Crippen molar-refractivity contribution in [1.82, 2.24) is 4.98 Å². The van der Waals surface area contributed by atoms with Crippen LogP contribution in [0.3, 0.4) is 0 Å². The molecular formula is C13H12ClN. The molecule has 0 saturated heterocycles. The van der Waals surface area contributed by atoms with Crippen molar-refractivity contribution in [1.29, 1.82) is 0 Å². The second-order valence-electron chi connectivity index (χ2n) is 3.40. The van der Waals surface area contributed by atoms with Crippen LogP contribution in [0.5, 0.6) is 0 Å². The number of rotatable bonds is 2. The van der Waals surface area contributed by atoms with Gasteiger partial charge in [0.1, 0.15) is 0 Å². The molecule has 0 N–H and O–H groups in total. The quantitative estimate of drug-likeness (QED) is 0.742. The van der Waals surface area contributed by atoms with Crippen LogP contribution in [0.25, 0.3) is 11.1 Å². The molecule has 0 spiro atoms. The van der Waals surface area contributed by atoms with Gasteiger partial charge in [0.25, 0.3) is 0 Å². The van der Waals surface area contributed by atoms with Crippen LogP contribution >= 0.6 is 11.6 Å². The first-order valence-electron chi connectivity index (χ1n) is 5.00. The summed E-state index contributed by atoms with van der Waals surface area (Å²) < 4.78 is 0. The summed E-state index contributed by atoms with van der Waals surface area (Å²) in [5, 5.41) is 0.840. The van der Waals surface area contributed by atoms with Gasteiger partial charge >= 0.3 is 0 Å². The molecule has 2 rings (SSSR count). The van der Waals surface area contributed by atoms with E-state index >= 15 is 0 Å². The summed E-state index contributed by atoms with van der Waals surface area (Å²) in [7, 11) is 0. The molecule has 76 valence electrons. The number of aromatic nitrogens is 1. The molecule has 0 atom stereocenters. The molecule has 0 unspecified atom stereocenters. The van der Waals surface area contributed by atoms with Crippen LogP contribution in [0.2, 0.25) is 5.02 Å². The molecule has 15 heavy (non-hydrogen) atoms. The van der Waals surface area contributed by atoms with Gasteiger partial charge in [0.05, 0.1) is 0 Å². The average Bonchev–Trinajstić information content (AvgIpc) is 2.30. The van der Waals surface area contributed by atoms with Crippen LogP contribution in [0.15, 0.2) is 42.7 Å². The van der Waals surface area contributed by atoms with Gasteiger partial charge in [0.15, 0.2) is 0 Å². The largest absolute Gasteiger partial charge is 0.265 e. The number of hydrogen-bond donors (Lipinski definition) is 0. The van der Waals surface area contributed by atoms with Crippen molar-refractivity contribution in [2.75, 3.05) is 0 Å². The third kappa shape index (κ3) is 2.18. The van der Waals surface area contributed by atoms with E-state index in [0.717, 1.165) is 22.6 Å². The number of halogens is 1. The molecule has 0 aliphatic heterocycles. The first-order chi connectivity index (χ1) is 7.31. The van der Waals surface area contributed by atoms with E-state index in [0.29, 0.717) is 0 Å². The van der Waals surface area contributed by atoms with Gasteiger partial charge < -0.3 is 0 Å². The van der Waals surface area contributed by atoms with E-state index < -0.39 is 0 Å². The predicted molar refractivity (Wildman–Crippen MR) is 64.1 cm³/mol. The third-order valence-corrected chi connectivity index (χ3v) is 2.80. The van der Waals surface area contributed by atoms with Gasteiger partial charge in [-0.1, -0.05) is 30.7 Å². The molecule has 0 radical (unpaired) electrons. The highest BCUT2D eigenvalue weighted by molar-refractivity contribution is 6.31. The molecule has 0 aliphatic carbocycles. The first kappa shape index (κ1) is 10.2. The fraction of sp³-hybridized carbons (Fsp3) is 0.154. The van der Waals surface area contributed by atoms with Crippen LogP contribution in [-0.4, -0.2) is 4.98 Å².